The predicted molar refractivity (Wildman–Crippen MR) is 91.2 cm³/mol. The molecule has 2 N–H and O–H groups in total. The van der Waals surface area contributed by atoms with Gasteiger partial charge in [-0.3, -0.25) is 0 Å². The second kappa shape index (κ2) is 7.49. The van der Waals surface area contributed by atoms with E-state index in [4.69, 9.17) is 4.74 Å². The summed E-state index contributed by atoms with van der Waals surface area (Å²) < 4.78 is 56.2. The zero-order chi connectivity index (χ0) is 17.8. The highest BCUT2D eigenvalue weighted by Gasteiger charge is 2.33. The largest absolute Gasteiger partial charge is 0.384 e. The van der Waals surface area contributed by atoms with Crippen molar-refractivity contribution in [2.75, 3.05) is 39.6 Å². The van der Waals surface area contributed by atoms with E-state index in [2.05, 4.69) is 10.0 Å². The number of ether oxygens (including phenoxy) is 1. The van der Waals surface area contributed by atoms with Crippen molar-refractivity contribution in [1.82, 2.24) is 10.0 Å². The Bertz CT molecular complexity index is 763. The van der Waals surface area contributed by atoms with Gasteiger partial charge in [0, 0.05) is 25.3 Å². The molecule has 0 spiro atoms. The van der Waals surface area contributed by atoms with Crippen LogP contribution in [0, 0.1) is 5.41 Å². The molecule has 0 aliphatic carbocycles. The lowest BCUT2D eigenvalue weighted by atomic mass is 9.80. The molecular weight excluding hydrogens is 352 g/mol. The summed E-state index contributed by atoms with van der Waals surface area (Å²) in [4.78, 5) is -0.0641. The van der Waals surface area contributed by atoms with Crippen LogP contribution >= 0.6 is 0 Å². The number of hydrogen-bond acceptors (Lipinski definition) is 6. The van der Waals surface area contributed by atoms with E-state index in [0.29, 0.717) is 6.61 Å². The fourth-order valence-corrected chi connectivity index (χ4v) is 4.78. The first-order valence-electron chi connectivity index (χ1n) is 7.68. The highest BCUT2D eigenvalue weighted by atomic mass is 32.2. The highest BCUT2D eigenvalue weighted by molar-refractivity contribution is 7.91. The van der Waals surface area contributed by atoms with Crippen LogP contribution in [0.2, 0.25) is 0 Å². The van der Waals surface area contributed by atoms with Crippen molar-refractivity contribution in [3.63, 3.8) is 0 Å². The molecule has 136 valence electrons. The van der Waals surface area contributed by atoms with E-state index in [0.717, 1.165) is 32.2 Å². The standard InChI is InChI=1S/C15H24N2O5S2/c1-22-12-15(6-8-16-9-7-15)11-17-24(20,21)14-5-3-4-13(10-14)23(2,18)19/h3-5,10,16-17H,6-9,11-12H2,1-2H3. The van der Waals surface area contributed by atoms with Gasteiger partial charge in [0.15, 0.2) is 9.84 Å². The first-order chi connectivity index (χ1) is 11.2. The minimum atomic E-state index is -3.79. The third kappa shape index (κ3) is 4.76. The van der Waals surface area contributed by atoms with Crippen molar-refractivity contribution < 1.29 is 21.6 Å². The van der Waals surface area contributed by atoms with Crippen molar-refractivity contribution in [3.05, 3.63) is 24.3 Å². The van der Waals surface area contributed by atoms with Gasteiger partial charge in [-0.1, -0.05) is 6.07 Å². The molecular formula is C15H24N2O5S2. The summed E-state index contributed by atoms with van der Waals surface area (Å²) in [6.45, 7) is 2.36. The lowest BCUT2D eigenvalue weighted by Gasteiger charge is -2.37. The first kappa shape index (κ1) is 19.3. The van der Waals surface area contributed by atoms with Crippen LogP contribution in [0.15, 0.2) is 34.1 Å². The van der Waals surface area contributed by atoms with Gasteiger partial charge in [0.25, 0.3) is 0 Å². The van der Waals surface area contributed by atoms with E-state index >= 15 is 0 Å². The number of sulfonamides is 1. The fourth-order valence-electron chi connectivity index (χ4n) is 2.84. The Balaban J connectivity index is 2.19. The molecule has 0 atom stereocenters. The third-order valence-corrected chi connectivity index (χ3v) is 6.81. The van der Waals surface area contributed by atoms with Crippen LogP contribution in [0.3, 0.4) is 0 Å². The van der Waals surface area contributed by atoms with Crippen molar-refractivity contribution in [2.24, 2.45) is 5.41 Å². The molecule has 1 aromatic carbocycles. The molecule has 1 aromatic rings. The number of benzene rings is 1. The van der Waals surface area contributed by atoms with Crippen LogP contribution < -0.4 is 10.0 Å². The number of methoxy groups -OCH3 is 1. The molecule has 9 heteroatoms. The van der Waals surface area contributed by atoms with Crippen LogP contribution in [0.5, 0.6) is 0 Å². The second-order valence-electron chi connectivity index (χ2n) is 6.25. The van der Waals surface area contributed by atoms with Crippen molar-refractivity contribution in [3.8, 4) is 0 Å². The van der Waals surface area contributed by atoms with E-state index in [1.807, 2.05) is 0 Å². The first-order valence-corrected chi connectivity index (χ1v) is 11.1. The number of piperidine rings is 1. The summed E-state index contributed by atoms with van der Waals surface area (Å²) in [5, 5.41) is 3.25. The molecule has 7 nitrogen and oxygen atoms in total. The summed E-state index contributed by atoms with van der Waals surface area (Å²) in [6.07, 6.45) is 2.67. The topological polar surface area (TPSA) is 102 Å². The Morgan fingerprint density at radius 3 is 2.38 bits per heavy atom. The van der Waals surface area contributed by atoms with Crippen molar-refractivity contribution >= 4 is 19.9 Å². The van der Waals surface area contributed by atoms with Gasteiger partial charge in [-0.15, -0.1) is 0 Å². The van der Waals surface area contributed by atoms with Crippen LogP contribution in [0.25, 0.3) is 0 Å². The van der Waals surface area contributed by atoms with Gasteiger partial charge in [-0.2, -0.15) is 0 Å². The van der Waals surface area contributed by atoms with Gasteiger partial charge in [-0.05, 0) is 44.1 Å². The molecule has 1 aliphatic rings. The summed E-state index contributed by atoms with van der Waals surface area (Å²) >= 11 is 0. The monoisotopic (exact) mass is 376 g/mol. The molecule has 0 saturated carbocycles. The minimum Gasteiger partial charge on any atom is -0.384 e. The fraction of sp³-hybridized carbons (Fsp3) is 0.600. The number of hydrogen-bond donors (Lipinski definition) is 2. The summed E-state index contributed by atoms with van der Waals surface area (Å²) in [6, 6.07) is 5.39. The maximum absolute atomic E-state index is 12.5. The Labute approximate surface area is 143 Å². The van der Waals surface area contributed by atoms with Crippen molar-refractivity contribution in [1.29, 1.82) is 0 Å². The van der Waals surface area contributed by atoms with E-state index < -0.39 is 19.9 Å². The maximum Gasteiger partial charge on any atom is 0.240 e. The van der Waals surface area contributed by atoms with Gasteiger partial charge in [0.2, 0.25) is 10.0 Å². The zero-order valence-electron chi connectivity index (χ0n) is 13.9. The Hall–Kier alpha value is -1.00. The van der Waals surface area contributed by atoms with E-state index in [-0.39, 0.29) is 21.8 Å². The van der Waals surface area contributed by atoms with Gasteiger partial charge >= 0.3 is 0 Å². The van der Waals surface area contributed by atoms with Crippen LogP contribution in [-0.2, 0) is 24.6 Å². The Morgan fingerprint density at radius 2 is 1.79 bits per heavy atom. The second-order valence-corrected chi connectivity index (χ2v) is 10.0. The summed E-state index contributed by atoms with van der Waals surface area (Å²) in [5.74, 6) is 0. The molecule has 1 saturated heterocycles. The molecule has 2 rings (SSSR count). The molecule has 1 aliphatic heterocycles. The Morgan fingerprint density at radius 1 is 1.17 bits per heavy atom. The highest BCUT2D eigenvalue weighted by Crippen LogP contribution is 2.29. The van der Waals surface area contributed by atoms with Crippen LogP contribution in [0.1, 0.15) is 12.8 Å². The zero-order valence-corrected chi connectivity index (χ0v) is 15.5. The Kier molecular flexibility index (Phi) is 6.03. The lowest BCUT2D eigenvalue weighted by Crippen LogP contribution is -2.47. The van der Waals surface area contributed by atoms with Gasteiger partial charge in [0.1, 0.15) is 0 Å². The third-order valence-electron chi connectivity index (χ3n) is 4.30. The number of nitrogens with one attached hydrogen (secondary N) is 2. The van der Waals surface area contributed by atoms with Crippen molar-refractivity contribution in [2.45, 2.75) is 22.6 Å². The van der Waals surface area contributed by atoms with Crippen LogP contribution in [0.4, 0.5) is 0 Å². The van der Waals surface area contributed by atoms with Gasteiger partial charge < -0.3 is 10.1 Å². The SMILES string of the molecule is COCC1(CNS(=O)(=O)c2cccc(S(C)(=O)=O)c2)CCNCC1. The molecule has 24 heavy (non-hydrogen) atoms. The quantitative estimate of drug-likeness (QED) is 0.714. The molecule has 0 unspecified atom stereocenters. The van der Waals surface area contributed by atoms with E-state index in [1.54, 1.807) is 7.11 Å². The minimum absolute atomic E-state index is 0.0150. The summed E-state index contributed by atoms with van der Waals surface area (Å²) in [7, 11) is -5.65. The molecule has 1 heterocycles. The predicted octanol–water partition coefficient (Wildman–Crippen LogP) is 0.385. The molecule has 0 radical (unpaired) electrons. The molecule has 0 amide bonds. The average molecular weight is 377 g/mol. The normalized spacial score (nSPS) is 18.4. The molecule has 1 fully saturated rings. The smallest absolute Gasteiger partial charge is 0.240 e. The van der Waals surface area contributed by atoms with Gasteiger partial charge in [-0.25, -0.2) is 21.6 Å². The summed E-state index contributed by atoms with van der Waals surface area (Å²) in [5.41, 5.74) is -0.248. The molecule has 0 aromatic heterocycles. The van der Waals surface area contributed by atoms with E-state index in [1.165, 1.54) is 24.3 Å². The van der Waals surface area contributed by atoms with Gasteiger partial charge in [0.05, 0.1) is 16.4 Å². The van der Waals surface area contributed by atoms with Crippen LogP contribution in [-0.4, -0.2) is 56.4 Å². The average Bonchev–Trinajstić information content (AvgIpc) is 2.54. The number of rotatable bonds is 7. The molecule has 0 bridgehead atoms. The maximum atomic E-state index is 12.5. The lowest BCUT2D eigenvalue weighted by molar-refractivity contribution is 0.0577. The number of sulfone groups is 1. The van der Waals surface area contributed by atoms with E-state index in [9.17, 15) is 16.8 Å².